The molecule has 7 heteroatoms. The number of amides is 1. The standard InChI is InChI=1S/C11H15N3O4/c15-8(6-1-2-6)5-12-9(16)3-7-4-10(17)14-11(18)13-7/h4,6,8,15H,1-3,5H2,(H,12,16)(H2,13,14,17,18). The molecule has 7 nitrogen and oxygen atoms in total. The third-order valence-corrected chi connectivity index (χ3v) is 2.84. The highest BCUT2D eigenvalue weighted by atomic mass is 16.3. The van der Waals surface area contributed by atoms with Gasteiger partial charge in [-0.05, 0) is 18.8 Å². The summed E-state index contributed by atoms with van der Waals surface area (Å²) in [6, 6.07) is 1.16. The lowest BCUT2D eigenvalue weighted by atomic mass is 10.2. The first-order chi connectivity index (χ1) is 8.54. The van der Waals surface area contributed by atoms with Crippen LogP contribution in [0.15, 0.2) is 15.7 Å². The number of aliphatic hydroxyl groups is 1. The molecule has 0 saturated heterocycles. The minimum absolute atomic E-state index is 0.0868. The molecule has 1 aliphatic carbocycles. The van der Waals surface area contributed by atoms with E-state index in [4.69, 9.17) is 0 Å². The maximum atomic E-state index is 11.5. The molecule has 98 valence electrons. The molecule has 0 aliphatic heterocycles. The van der Waals surface area contributed by atoms with E-state index in [-0.39, 0.29) is 24.6 Å². The maximum absolute atomic E-state index is 11.5. The van der Waals surface area contributed by atoms with Crippen molar-refractivity contribution in [2.24, 2.45) is 5.92 Å². The van der Waals surface area contributed by atoms with Crippen molar-refractivity contribution in [2.45, 2.75) is 25.4 Å². The van der Waals surface area contributed by atoms with E-state index in [9.17, 15) is 19.5 Å². The molecule has 1 fully saturated rings. The van der Waals surface area contributed by atoms with Crippen LogP contribution in [0.3, 0.4) is 0 Å². The van der Waals surface area contributed by atoms with E-state index in [0.717, 1.165) is 18.9 Å². The van der Waals surface area contributed by atoms with Gasteiger partial charge in [0.15, 0.2) is 0 Å². The van der Waals surface area contributed by atoms with Crippen molar-refractivity contribution in [2.75, 3.05) is 6.54 Å². The van der Waals surface area contributed by atoms with Crippen LogP contribution in [0.5, 0.6) is 0 Å². The van der Waals surface area contributed by atoms with E-state index >= 15 is 0 Å². The number of aromatic amines is 2. The van der Waals surface area contributed by atoms with Crippen LogP contribution in [-0.4, -0.2) is 33.6 Å². The molecule has 1 heterocycles. The molecule has 1 aromatic rings. The second-order valence-corrected chi connectivity index (χ2v) is 4.50. The highest BCUT2D eigenvalue weighted by Gasteiger charge is 2.29. The molecule has 0 aromatic carbocycles. The largest absolute Gasteiger partial charge is 0.391 e. The van der Waals surface area contributed by atoms with Crippen LogP contribution < -0.4 is 16.6 Å². The Balaban J connectivity index is 1.86. The van der Waals surface area contributed by atoms with Crippen molar-refractivity contribution in [3.05, 3.63) is 32.6 Å². The van der Waals surface area contributed by atoms with E-state index in [0.29, 0.717) is 5.92 Å². The van der Waals surface area contributed by atoms with Crippen LogP contribution >= 0.6 is 0 Å². The molecule has 1 atom stereocenters. The van der Waals surface area contributed by atoms with Gasteiger partial charge in [0.05, 0.1) is 12.5 Å². The number of carbonyl (C=O) groups excluding carboxylic acids is 1. The molecule has 1 unspecified atom stereocenters. The van der Waals surface area contributed by atoms with E-state index in [2.05, 4.69) is 10.3 Å². The summed E-state index contributed by atoms with van der Waals surface area (Å²) < 4.78 is 0. The van der Waals surface area contributed by atoms with Crippen molar-refractivity contribution >= 4 is 5.91 Å². The molecule has 1 aromatic heterocycles. The highest BCUT2D eigenvalue weighted by Crippen LogP contribution is 2.32. The summed E-state index contributed by atoms with van der Waals surface area (Å²) in [5.41, 5.74) is -0.926. The Morgan fingerprint density at radius 1 is 1.44 bits per heavy atom. The fourth-order valence-electron chi connectivity index (χ4n) is 1.72. The van der Waals surface area contributed by atoms with Gasteiger partial charge in [-0.25, -0.2) is 4.79 Å². The summed E-state index contributed by atoms with van der Waals surface area (Å²) in [7, 11) is 0. The predicted octanol–water partition coefficient (Wildman–Crippen LogP) is -1.51. The van der Waals surface area contributed by atoms with Gasteiger partial charge in [-0.15, -0.1) is 0 Å². The van der Waals surface area contributed by atoms with Crippen LogP contribution in [0, 0.1) is 5.92 Å². The first-order valence-electron chi connectivity index (χ1n) is 5.82. The van der Waals surface area contributed by atoms with Crippen molar-refractivity contribution < 1.29 is 9.90 Å². The zero-order valence-corrected chi connectivity index (χ0v) is 9.73. The topological polar surface area (TPSA) is 115 Å². The van der Waals surface area contributed by atoms with Gasteiger partial charge in [0.1, 0.15) is 0 Å². The Hall–Kier alpha value is -1.89. The molecule has 18 heavy (non-hydrogen) atoms. The van der Waals surface area contributed by atoms with Gasteiger partial charge in [-0.1, -0.05) is 0 Å². The average molecular weight is 253 g/mol. The van der Waals surface area contributed by atoms with Gasteiger partial charge >= 0.3 is 5.69 Å². The van der Waals surface area contributed by atoms with Gasteiger partial charge in [-0.2, -0.15) is 0 Å². The van der Waals surface area contributed by atoms with Crippen molar-refractivity contribution in [1.29, 1.82) is 0 Å². The molecule has 1 aliphatic rings. The fourth-order valence-corrected chi connectivity index (χ4v) is 1.72. The number of rotatable bonds is 5. The number of hydrogen-bond acceptors (Lipinski definition) is 4. The Kier molecular flexibility index (Phi) is 3.61. The van der Waals surface area contributed by atoms with Crippen molar-refractivity contribution in [3.63, 3.8) is 0 Å². The first-order valence-corrected chi connectivity index (χ1v) is 5.82. The number of carbonyl (C=O) groups is 1. The molecular formula is C11H15N3O4. The number of aromatic nitrogens is 2. The second-order valence-electron chi connectivity index (χ2n) is 4.50. The van der Waals surface area contributed by atoms with E-state index in [1.165, 1.54) is 0 Å². The molecular weight excluding hydrogens is 238 g/mol. The zero-order valence-electron chi connectivity index (χ0n) is 9.73. The van der Waals surface area contributed by atoms with Gasteiger partial charge in [0, 0.05) is 18.3 Å². The predicted molar refractivity (Wildman–Crippen MR) is 63.1 cm³/mol. The average Bonchev–Trinajstić information content (AvgIpc) is 3.08. The third-order valence-electron chi connectivity index (χ3n) is 2.84. The smallest absolute Gasteiger partial charge is 0.325 e. The van der Waals surface area contributed by atoms with E-state index in [1.54, 1.807) is 0 Å². The molecule has 2 rings (SSSR count). The number of aliphatic hydroxyl groups excluding tert-OH is 1. The second kappa shape index (κ2) is 5.18. The van der Waals surface area contributed by atoms with Gasteiger partial charge in [0.2, 0.25) is 5.91 Å². The van der Waals surface area contributed by atoms with Gasteiger partial charge in [0.25, 0.3) is 5.56 Å². The molecule has 0 radical (unpaired) electrons. The molecule has 1 saturated carbocycles. The molecule has 1 amide bonds. The summed E-state index contributed by atoms with van der Waals surface area (Å²) >= 11 is 0. The molecule has 4 N–H and O–H groups in total. The minimum atomic E-state index is -0.636. The van der Waals surface area contributed by atoms with Crippen LogP contribution in [0.25, 0.3) is 0 Å². The lowest BCUT2D eigenvalue weighted by Gasteiger charge is -2.10. The summed E-state index contributed by atoms with van der Waals surface area (Å²) in [5, 5.41) is 12.1. The van der Waals surface area contributed by atoms with Gasteiger partial charge in [-0.3, -0.25) is 14.6 Å². The monoisotopic (exact) mass is 253 g/mol. The first kappa shape index (κ1) is 12.6. The lowest BCUT2D eigenvalue weighted by Crippen LogP contribution is -2.35. The van der Waals surface area contributed by atoms with Crippen molar-refractivity contribution in [3.8, 4) is 0 Å². The minimum Gasteiger partial charge on any atom is -0.391 e. The Morgan fingerprint density at radius 2 is 2.17 bits per heavy atom. The summed E-state index contributed by atoms with van der Waals surface area (Å²) in [5.74, 6) is -0.0411. The molecule has 0 spiro atoms. The SMILES string of the molecule is O=C(Cc1cc(=O)[nH]c(=O)[nH]1)NCC(O)C1CC1. The zero-order chi connectivity index (χ0) is 13.1. The number of nitrogens with one attached hydrogen (secondary N) is 3. The Morgan fingerprint density at radius 3 is 2.78 bits per heavy atom. The third kappa shape index (κ3) is 3.56. The Bertz CT molecular complexity index is 515. The summed E-state index contributed by atoms with van der Waals surface area (Å²) in [4.78, 5) is 37.9. The van der Waals surface area contributed by atoms with E-state index in [1.807, 2.05) is 4.98 Å². The van der Waals surface area contributed by atoms with Crippen LogP contribution in [0.2, 0.25) is 0 Å². The van der Waals surface area contributed by atoms with Crippen molar-refractivity contribution in [1.82, 2.24) is 15.3 Å². The fraction of sp³-hybridized carbons (Fsp3) is 0.545. The quantitative estimate of drug-likeness (QED) is 0.510. The van der Waals surface area contributed by atoms with Crippen LogP contribution in [-0.2, 0) is 11.2 Å². The molecule has 0 bridgehead atoms. The highest BCUT2D eigenvalue weighted by molar-refractivity contribution is 5.78. The number of H-pyrrole nitrogens is 2. The summed E-state index contributed by atoms with van der Waals surface area (Å²) in [6.45, 7) is 0.205. The lowest BCUT2D eigenvalue weighted by molar-refractivity contribution is -0.121. The maximum Gasteiger partial charge on any atom is 0.325 e. The van der Waals surface area contributed by atoms with E-state index < -0.39 is 17.4 Å². The normalized spacial score (nSPS) is 16.3. The summed E-state index contributed by atoms with van der Waals surface area (Å²) in [6.07, 6.45) is 1.40. The van der Waals surface area contributed by atoms with Crippen LogP contribution in [0.4, 0.5) is 0 Å². The van der Waals surface area contributed by atoms with Gasteiger partial charge < -0.3 is 15.4 Å². The van der Waals surface area contributed by atoms with Crippen LogP contribution in [0.1, 0.15) is 18.5 Å². The Labute approximate surface area is 102 Å². The number of hydrogen-bond donors (Lipinski definition) is 4.